The summed E-state index contributed by atoms with van der Waals surface area (Å²) in [5.74, 6) is -2.66. The highest BCUT2D eigenvalue weighted by Crippen LogP contribution is 2.22. The van der Waals surface area contributed by atoms with E-state index in [0.29, 0.717) is 18.3 Å². The van der Waals surface area contributed by atoms with Gasteiger partial charge in [-0.05, 0) is 20.3 Å². The largest absolute Gasteiger partial charge is 0.498 e. The Bertz CT molecular complexity index is 513. The number of hydrogen-bond donors (Lipinski definition) is 3. The lowest BCUT2D eigenvalue weighted by Gasteiger charge is -2.18. The maximum absolute atomic E-state index is 12.2. The smallest absolute Gasteiger partial charge is 0.354 e. The Kier molecular flexibility index (Phi) is 9.06. The first kappa shape index (κ1) is 22.1. The van der Waals surface area contributed by atoms with E-state index < -0.39 is 45.1 Å². The standard InChI is InChI=1S/C11H19BrF3N3O4S/c1-7(17-6-23(21,22)11(13,14)15)10(20)18-8(2)9(19)16-5-3-4-12/h7-8,17H,3-6H2,1-2H3,(H,16,19)(H,18,20)/t7-,8-/m0/s1. The van der Waals surface area contributed by atoms with E-state index in [1.807, 2.05) is 5.32 Å². The molecule has 0 heterocycles. The highest BCUT2D eigenvalue weighted by molar-refractivity contribution is 9.09. The van der Waals surface area contributed by atoms with E-state index in [4.69, 9.17) is 0 Å². The van der Waals surface area contributed by atoms with Gasteiger partial charge in [-0.15, -0.1) is 0 Å². The third-order valence-corrected chi connectivity index (χ3v) is 4.50. The molecule has 23 heavy (non-hydrogen) atoms. The molecule has 0 saturated carbocycles. The van der Waals surface area contributed by atoms with Crippen LogP contribution in [0.1, 0.15) is 20.3 Å². The summed E-state index contributed by atoms with van der Waals surface area (Å²) in [5, 5.41) is 7.50. The number of sulfone groups is 1. The van der Waals surface area contributed by atoms with Gasteiger partial charge in [0.15, 0.2) is 0 Å². The molecule has 0 bridgehead atoms. The van der Waals surface area contributed by atoms with Gasteiger partial charge in [0.05, 0.1) is 6.04 Å². The minimum atomic E-state index is -5.39. The summed E-state index contributed by atoms with van der Waals surface area (Å²) in [7, 11) is -5.36. The third-order valence-electron chi connectivity index (χ3n) is 2.69. The number of carbonyl (C=O) groups is 2. The third kappa shape index (κ3) is 7.97. The molecule has 0 aromatic rings. The molecule has 136 valence electrons. The molecule has 0 rings (SSSR count). The van der Waals surface area contributed by atoms with Crippen molar-refractivity contribution in [1.82, 2.24) is 16.0 Å². The lowest BCUT2D eigenvalue weighted by Crippen LogP contribution is -2.51. The van der Waals surface area contributed by atoms with Crippen LogP contribution in [-0.4, -0.2) is 55.6 Å². The summed E-state index contributed by atoms with van der Waals surface area (Å²) in [6.45, 7) is 3.00. The highest BCUT2D eigenvalue weighted by atomic mass is 79.9. The summed E-state index contributed by atoms with van der Waals surface area (Å²) in [6, 6.07) is -2.12. The van der Waals surface area contributed by atoms with Crippen molar-refractivity contribution in [3.8, 4) is 0 Å². The second-order valence-electron chi connectivity index (χ2n) is 4.69. The number of alkyl halides is 4. The van der Waals surface area contributed by atoms with Crippen molar-refractivity contribution < 1.29 is 31.2 Å². The summed E-state index contributed by atoms with van der Waals surface area (Å²) in [5.41, 5.74) is -5.39. The van der Waals surface area contributed by atoms with Crippen molar-refractivity contribution in [3.05, 3.63) is 0 Å². The molecule has 0 aliphatic heterocycles. The van der Waals surface area contributed by atoms with Crippen molar-refractivity contribution in [1.29, 1.82) is 0 Å². The molecule has 0 aromatic heterocycles. The highest BCUT2D eigenvalue weighted by Gasteiger charge is 2.45. The molecular formula is C11H19BrF3N3O4S. The van der Waals surface area contributed by atoms with Crippen molar-refractivity contribution in [2.45, 2.75) is 37.9 Å². The number of nitrogens with one attached hydrogen (secondary N) is 3. The maximum Gasteiger partial charge on any atom is 0.498 e. The van der Waals surface area contributed by atoms with Gasteiger partial charge in [-0.25, -0.2) is 8.42 Å². The predicted octanol–water partition coefficient (Wildman–Crippen LogP) is 0.262. The van der Waals surface area contributed by atoms with Gasteiger partial charge in [-0.2, -0.15) is 13.2 Å². The predicted molar refractivity (Wildman–Crippen MR) is 81.5 cm³/mol. The Morgan fingerprint density at radius 1 is 1.13 bits per heavy atom. The summed E-state index contributed by atoms with van der Waals surface area (Å²) >= 11 is 3.18. The number of halogens is 4. The Hall–Kier alpha value is -0.880. The van der Waals surface area contributed by atoms with Gasteiger partial charge in [-0.3, -0.25) is 14.9 Å². The minimum absolute atomic E-state index is 0.405. The van der Waals surface area contributed by atoms with Crippen LogP contribution in [-0.2, 0) is 19.4 Å². The molecule has 0 aromatic carbocycles. The molecule has 12 heteroatoms. The first-order valence-corrected chi connectivity index (χ1v) is 9.36. The zero-order valence-electron chi connectivity index (χ0n) is 12.5. The van der Waals surface area contributed by atoms with Crippen LogP contribution < -0.4 is 16.0 Å². The number of hydrogen-bond acceptors (Lipinski definition) is 5. The van der Waals surface area contributed by atoms with Gasteiger partial charge in [-0.1, -0.05) is 15.9 Å². The van der Waals surface area contributed by atoms with Crippen molar-refractivity contribution in [2.24, 2.45) is 0 Å². The minimum Gasteiger partial charge on any atom is -0.354 e. The summed E-state index contributed by atoms with van der Waals surface area (Å²) in [4.78, 5) is 23.3. The Labute approximate surface area is 140 Å². The van der Waals surface area contributed by atoms with E-state index in [1.54, 1.807) is 0 Å². The van der Waals surface area contributed by atoms with Crippen LogP contribution in [0, 0.1) is 0 Å². The fourth-order valence-electron chi connectivity index (χ4n) is 1.24. The monoisotopic (exact) mass is 425 g/mol. The molecule has 2 atom stereocenters. The Morgan fingerprint density at radius 3 is 2.17 bits per heavy atom. The van der Waals surface area contributed by atoms with Crippen LogP contribution in [0.3, 0.4) is 0 Å². The molecule has 0 saturated heterocycles. The topological polar surface area (TPSA) is 104 Å². The van der Waals surface area contributed by atoms with Crippen molar-refractivity contribution in [3.63, 3.8) is 0 Å². The van der Waals surface area contributed by atoms with Crippen LogP contribution in [0.4, 0.5) is 13.2 Å². The molecule has 7 nitrogen and oxygen atoms in total. The second-order valence-corrected chi connectivity index (χ2v) is 7.47. The molecule has 2 amide bonds. The van der Waals surface area contributed by atoms with Crippen molar-refractivity contribution >= 4 is 37.6 Å². The van der Waals surface area contributed by atoms with E-state index in [0.717, 1.165) is 0 Å². The molecule has 0 unspecified atom stereocenters. The van der Waals surface area contributed by atoms with Crippen LogP contribution in [0.25, 0.3) is 0 Å². The SMILES string of the molecule is C[C@H](NCS(=O)(=O)C(F)(F)F)C(=O)N[C@@H](C)C(=O)NCCCBr. The first-order chi connectivity index (χ1) is 10.4. The van der Waals surface area contributed by atoms with E-state index >= 15 is 0 Å². The van der Waals surface area contributed by atoms with Gasteiger partial charge in [0.25, 0.3) is 9.84 Å². The van der Waals surface area contributed by atoms with E-state index in [-0.39, 0.29) is 0 Å². The number of amides is 2. The fourth-order valence-corrected chi connectivity index (χ4v) is 2.16. The van der Waals surface area contributed by atoms with Crippen molar-refractivity contribution in [2.75, 3.05) is 17.8 Å². The molecule has 0 aliphatic carbocycles. The molecule has 0 radical (unpaired) electrons. The van der Waals surface area contributed by atoms with Crippen LogP contribution >= 0.6 is 15.9 Å². The Morgan fingerprint density at radius 2 is 1.70 bits per heavy atom. The molecule has 0 aliphatic rings. The fraction of sp³-hybridized carbons (Fsp3) is 0.818. The van der Waals surface area contributed by atoms with Crippen LogP contribution in [0.2, 0.25) is 0 Å². The van der Waals surface area contributed by atoms with E-state index in [9.17, 15) is 31.2 Å². The molecular weight excluding hydrogens is 407 g/mol. The average molecular weight is 426 g/mol. The first-order valence-electron chi connectivity index (χ1n) is 6.59. The zero-order chi connectivity index (χ0) is 18.3. The lowest BCUT2D eigenvalue weighted by atomic mass is 10.2. The second kappa shape index (κ2) is 9.42. The van der Waals surface area contributed by atoms with Gasteiger partial charge < -0.3 is 10.6 Å². The van der Waals surface area contributed by atoms with Gasteiger partial charge >= 0.3 is 5.51 Å². The normalized spacial score (nSPS) is 14.9. The van der Waals surface area contributed by atoms with Crippen LogP contribution in [0.5, 0.6) is 0 Å². The van der Waals surface area contributed by atoms with E-state index in [2.05, 4.69) is 26.6 Å². The maximum atomic E-state index is 12.2. The van der Waals surface area contributed by atoms with E-state index in [1.165, 1.54) is 13.8 Å². The zero-order valence-corrected chi connectivity index (χ0v) is 14.9. The number of carbonyl (C=O) groups excluding carboxylic acids is 2. The van der Waals surface area contributed by atoms with Gasteiger partial charge in [0, 0.05) is 11.9 Å². The molecule has 0 fully saturated rings. The van der Waals surface area contributed by atoms with Crippen LogP contribution in [0.15, 0.2) is 0 Å². The summed E-state index contributed by atoms with van der Waals surface area (Å²) < 4.78 is 58.2. The lowest BCUT2D eigenvalue weighted by molar-refractivity contribution is -0.129. The quantitative estimate of drug-likeness (QED) is 0.363. The average Bonchev–Trinajstić information content (AvgIpc) is 2.43. The number of rotatable bonds is 9. The van der Waals surface area contributed by atoms with Gasteiger partial charge in [0.2, 0.25) is 11.8 Å². The van der Waals surface area contributed by atoms with Gasteiger partial charge in [0.1, 0.15) is 11.9 Å². The molecule has 0 spiro atoms. The Balaban J connectivity index is 4.38. The summed E-state index contributed by atoms with van der Waals surface area (Å²) in [6.07, 6.45) is 0.694. The molecule has 3 N–H and O–H groups in total.